The zero-order chi connectivity index (χ0) is 17.6. The van der Waals surface area contributed by atoms with Gasteiger partial charge < -0.3 is 25.8 Å². The molecule has 3 rings (SSSR count). The number of imidazole rings is 1. The monoisotopic (exact) mass is 341 g/mol. The number of nitrogens with zero attached hydrogens (tertiary/aromatic N) is 3. The van der Waals surface area contributed by atoms with E-state index in [4.69, 9.17) is 10.5 Å². The van der Waals surface area contributed by atoms with Crippen LogP contribution in [0.5, 0.6) is 0 Å². The van der Waals surface area contributed by atoms with Crippen molar-refractivity contribution in [2.24, 2.45) is 0 Å². The number of rotatable bonds is 4. The number of aliphatic hydroxyl groups is 3. The number of hydrogen-bond acceptors (Lipinski definition) is 8. The van der Waals surface area contributed by atoms with E-state index in [1.54, 1.807) is 0 Å². The molecule has 0 radical (unpaired) electrons. The van der Waals surface area contributed by atoms with Crippen LogP contribution in [0.1, 0.15) is 19.6 Å². The number of H-pyrrole nitrogens is 1. The zero-order valence-corrected chi connectivity index (χ0v) is 12.9. The van der Waals surface area contributed by atoms with Crippen LogP contribution >= 0.6 is 0 Å². The molecule has 3 heterocycles. The molecule has 132 valence electrons. The Balaban J connectivity index is 2.27. The number of aromatic amines is 1. The van der Waals surface area contributed by atoms with E-state index in [1.165, 1.54) is 4.57 Å². The third-order valence-electron chi connectivity index (χ3n) is 4.05. The maximum absolute atomic E-state index is 12.7. The first-order chi connectivity index (χ1) is 11.4. The largest absolute Gasteiger partial charge is 0.394 e. The molecular formula is C13H19N5O6. The van der Waals surface area contributed by atoms with Crippen LogP contribution in [0.2, 0.25) is 0 Å². The molecule has 0 spiro atoms. The van der Waals surface area contributed by atoms with Gasteiger partial charge in [-0.05, 0) is 6.42 Å². The Labute approximate surface area is 134 Å². The van der Waals surface area contributed by atoms with Crippen molar-refractivity contribution in [1.29, 1.82) is 0 Å². The fourth-order valence-corrected chi connectivity index (χ4v) is 2.95. The van der Waals surface area contributed by atoms with E-state index in [1.807, 2.05) is 6.92 Å². The van der Waals surface area contributed by atoms with Crippen LogP contribution in [0.4, 0.5) is 5.95 Å². The molecule has 1 aliphatic heterocycles. The van der Waals surface area contributed by atoms with Gasteiger partial charge in [-0.15, -0.1) is 0 Å². The summed E-state index contributed by atoms with van der Waals surface area (Å²) in [6.07, 6.45) is -4.61. The summed E-state index contributed by atoms with van der Waals surface area (Å²) >= 11 is 0. The molecule has 0 bridgehead atoms. The number of hydrogen-bond donors (Lipinski definition) is 5. The molecule has 1 saturated heterocycles. The minimum absolute atomic E-state index is 0.00814. The highest BCUT2D eigenvalue weighted by atomic mass is 16.6. The van der Waals surface area contributed by atoms with Gasteiger partial charge in [-0.1, -0.05) is 6.92 Å². The van der Waals surface area contributed by atoms with Crippen LogP contribution in [-0.2, 0) is 11.3 Å². The lowest BCUT2D eigenvalue weighted by molar-refractivity contribution is -0.0528. The summed E-state index contributed by atoms with van der Waals surface area (Å²) in [6.45, 7) is 1.56. The van der Waals surface area contributed by atoms with E-state index < -0.39 is 42.4 Å². The highest BCUT2D eigenvalue weighted by Crippen LogP contribution is 2.30. The predicted molar refractivity (Wildman–Crippen MR) is 82.3 cm³/mol. The number of anilines is 1. The van der Waals surface area contributed by atoms with Gasteiger partial charge >= 0.3 is 5.69 Å². The molecule has 0 aliphatic carbocycles. The molecule has 2 aromatic heterocycles. The van der Waals surface area contributed by atoms with E-state index in [-0.39, 0.29) is 23.7 Å². The number of nitrogen functional groups attached to an aromatic ring is 1. The van der Waals surface area contributed by atoms with Gasteiger partial charge in [0, 0.05) is 6.54 Å². The SMILES string of the molecule is CCCn1c(=O)n(C2OC(CO)C(O)C2O)c2nc(N)[nH]c(=O)c21. The summed E-state index contributed by atoms with van der Waals surface area (Å²) < 4.78 is 7.59. The van der Waals surface area contributed by atoms with Gasteiger partial charge in [0.1, 0.15) is 18.3 Å². The Hall–Kier alpha value is -2.21. The number of fused-ring (bicyclic) bond motifs is 1. The minimum Gasteiger partial charge on any atom is -0.394 e. The number of nitrogens with two attached hydrogens (primary N) is 1. The molecule has 6 N–H and O–H groups in total. The summed E-state index contributed by atoms with van der Waals surface area (Å²) in [5, 5.41) is 29.3. The molecule has 11 nitrogen and oxygen atoms in total. The van der Waals surface area contributed by atoms with E-state index in [9.17, 15) is 24.9 Å². The Morgan fingerprint density at radius 2 is 2.04 bits per heavy atom. The molecule has 24 heavy (non-hydrogen) atoms. The van der Waals surface area contributed by atoms with E-state index >= 15 is 0 Å². The van der Waals surface area contributed by atoms with Crippen LogP contribution in [0.25, 0.3) is 11.2 Å². The summed E-state index contributed by atoms with van der Waals surface area (Å²) in [4.78, 5) is 31.2. The number of aliphatic hydroxyl groups excluding tert-OH is 3. The van der Waals surface area contributed by atoms with Gasteiger partial charge in [-0.25, -0.2) is 9.36 Å². The first-order valence-corrected chi connectivity index (χ1v) is 7.53. The second kappa shape index (κ2) is 6.02. The third-order valence-corrected chi connectivity index (χ3v) is 4.05. The van der Waals surface area contributed by atoms with Gasteiger partial charge in [0.25, 0.3) is 5.56 Å². The van der Waals surface area contributed by atoms with Crippen molar-refractivity contribution >= 4 is 17.1 Å². The lowest BCUT2D eigenvalue weighted by atomic mass is 10.1. The second-order valence-electron chi connectivity index (χ2n) is 5.66. The Morgan fingerprint density at radius 3 is 2.62 bits per heavy atom. The molecule has 4 unspecified atom stereocenters. The molecule has 0 amide bonds. The van der Waals surface area contributed by atoms with Crippen molar-refractivity contribution < 1.29 is 20.1 Å². The van der Waals surface area contributed by atoms with Crippen LogP contribution in [0.15, 0.2) is 9.59 Å². The highest BCUT2D eigenvalue weighted by molar-refractivity contribution is 5.71. The summed E-state index contributed by atoms with van der Waals surface area (Å²) in [5.41, 5.74) is 4.30. The smallest absolute Gasteiger partial charge is 0.332 e. The van der Waals surface area contributed by atoms with Crippen molar-refractivity contribution in [3.05, 3.63) is 20.8 Å². The Bertz CT molecular complexity index is 870. The van der Waals surface area contributed by atoms with Crippen LogP contribution < -0.4 is 17.0 Å². The maximum atomic E-state index is 12.7. The molecule has 0 aromatic carbocycles. The van der Waals surface area contributed by atoms with Gasteiger partial charge in [0.2, 0.25) is 5.95 Å². The van der Waals surface area contributed by atoms with Crippen molar-refractivity contribution in [3.63, 3.8) is 0 Å². The molecular weight excluding hydrogens is 322 g/mol. The Morgan fingerprint density at radius 1 is 1.33 bits per heavy atom. The first kappa shape index (κ1) is 16.6. The zero-order valence-electron chi connectivity index (χ0n) is 12.9. The van der Waals surface area contributed by atoms with Crippen LogP contribution in [-0.4, -0.2) is 59.3 Å². The quantitative estimate of drug-likeness (QED) is 0.406. The topological polar surface area (TPSA) is 169 Å². The summed E-state index contributed by atoms with van der Waals surface area (Å²) in [7, 11) is 0. The Kier molecular flexibility index (Phi) is 4.17. The van der Waals surface area contributed by atoms with Gasteiger partial charge in [-0.3, -0.25) is 14.3 Å². The fourth-order valence-electron chi connectivity index (χ4n) is 2.95. The minimum atomic E-state index is -1.47. The van der Waals surface area contributed by atoms with Crippen molar-refractivity contribution in [1.82, 2.24) is 19.1 Å². The summed E-state index contributed by atoms with van der Waals surface area (Å²) in [6, 6.07) is 0. The van der Waals surface area contributed by atoms with Gasteiger partial charge in [0.15, 0.2) is 17.4 Å². The number of aromatic nitrogens is 4. The third kappa shape index (κ3) is 2.33. The van der Waals surface area contributed by atoms with Gasteiger partial charge in [0.05, 0.1) is 6.61 Å². The molecule has 4 atom stereocenters. The normalized spacial score (nSPS) is 27.2. The molecule has 11 heteroatoms. The molecule has 1 fully saturated rings. The lowest BCUT2D eigenvalue weighted by Crippen LogP contribution is -2.36. The fraction of sp³-hybridized carbons (Fsp3) is 0.615. The second-order valence-corrected chi connectivity index (χ2v) is 5.66. The van der Waals surface area contributed by atoms with E-state index in [2.05, 4.69) is 9.97 Å². The van der Waals surface area contributed by atoms with Crippen LogP contribution in [0, 0.1) is 0 Å². The van der Waals surface area contributed by atoms with E-state index in [0.29, 0.717) is 6.42 Å². The van der Waals surface area contributed by atoms with E-state index in [0.717, 1.165) is 4.57 Å². The average molecular weight is 341 g/mol. The lowest BCUT2D eigenvalue weighted by Gasteiger charge is -2.15. The standard InChI is InChI=1S/C13H19N5O6/c1-2-3-17-6-9(15-12(14)16-10(6)22)18(13(17)23)11-8(21)7(20)5(4-19)24-11/h5,7-8,11,19-21H,2-4H2,1H3,(H3,14,15,16,22). The molecule has 0 saturated carbocycles. The number of ether oxygens (including phenoxy) is 1. The molecule has 1 aliphatic rings. The summed E-state index contributed by atoms with van der Waals surface area (Å²) in [5.74, 6) is -0.193. The van der Waals surface area contributed by atoms with Crippen molar-refractivity contribution in [2.75, 3.05) is 12.3 Å². The average Bonchev–Trinajstić information content (AvgIpc) is 2.96. The van der Waals surface area contributed by atoms with Crippen molar-refractivity contribution in [2.45, 2.75) is 44.4 Å². The first-order valence-electron chi connectivity index (χ1n) is 7.53. The van der Waals surface area contributed by atoms with Gasteiger partial charge in [-0.2, -0.15) is 4.98 Å². The van der Waals surface area contributed by atoms with Crippen LogP contribution in [0.3, 0.4) is 0 Å². The maximum Gasteiger partial charge on any atom is 0.332 e. The number of nitrogens with one attached hydrogen (secondary N) is 1. The van der Waals surface area contributed by atoms with Crippen molar-refractivity contribution in [3.8, 4) is 0 Å². The number of aryl methyl sites for hydroxylation is 1. The molecule has 2 aromatic rings. The highest BCUT2D eigenvalue weighted by Gasteiger charge is 2.45. The predicted octanol–water partition coefficient (Wildman–Crippen LogP) is -2.51.